The van der Waals surface area contributed by atoms with Crippen molar-refractivity contribution < 1.29 is 9.59 Å². The number of carbonyl (C=O) groups excluding carboxylic acids is 2. The molecule has 136 valence electrons. The fourth-order valence-corrected chi connectivity index (χ4v) is 3.59. The Labute approximate surface area is 161 Å². The first-order chi connectivity index (χ1) is 12.5. The molecule has 0 radical (unpaired) electrons. The molecule has 1 aromatic carbocycles. The van der Waals surface area contributed by atoms with Crippen molar-refractivity contribution in [1.29, 1.82) is 0 Å². The molecule has 1 aromatic heterocycles. The highest BCUT2D eigenvalue weighted by atomic mass is 79.9. The number of amides is 2. The van der Waals surface area contributed by atoms with Crippen molar-refractivity contribution in [2.75, 3.05) is 13.1 Å². The summed E-state index contributed by atoms with van der Waals surface area (Å²) in [5.41, 5.74) is 6.33. The van der Waals surface area contributed by atoms with Gasteiger partial charge in [-0.3, -0.25) is 9.59 Å². The van der Waals surface area contributed by atoms with Gasteiger partial charge >= 0.3 is 11.8 Å². The topological polar surface area (TPSA) is 66.7 Å². The monoisotopic (exact) mass is 416 g/mol. The van der Waals surface area contributed by atoms with Crippen LogP contribution in [-0.4, -0.2) is 40.6 Å². The maximum Gasteiger partial charge on any atom is 0.329 e. The standard InChI is InChI=1S/C19H21BrN4O2/c1-13-10-15(14(2)24(13)17-7-5-6-16(20)11-17)12-21-22-18(25)19(26)23-8-3-4-9-23/h5-7,10-12H,3-4,8-9H2,1-2H3,(H,22,25)/b21-12+. The SMILES string of the molecule is Cc1cc(/C=N/NC(=O)C(=O)N2CCCC2)c(C)n1-c1cccc(Br)c1. The van der Waals surface area contributed by atoms with Gasteiger partial charge in [0.25, 0.3) is 0 Å². The van der Waals surface area contributed by atoms with Crippen molar-refractivity contribution in [2.45, 2.75) is 26.7 Å². The molecule has 1 aliphatic rings. The predicted octanol–water partition coefficient (Wildman–Crippen LogP) is 2.93. The van der Waals surface area contributed by atoms with Crippen LogP contribution >= 0.6 is 15.9 Å². The zero-order valence-electron chi connectivity index (χ0n) is 14.8. The molecule has 1 saturated heterocycles. The number of aryl methyl sites for hydroxylation is 1. The first kappa shape index (κ1) is 18.4. The molecule has 26 heavy (non-hydrogen) atoms. The van der Waals surface area contributed by atoms with E-state index >= 15 is 0 Å². The summed E-state index contributed by atoms with van der Waals surface area (Å²) in [5.74, 6) is -1.21. The van der Waals surface area contributed by atoms with E-state index in [-0.39, 0.29) is 0 Å². The highest BCUT2D eigenvalue weighted by Crippen LogP contribution is 2.22. The van der Waals surface area contributed by atoms with Gasteiger partial charge in [0.05, 0.1) is 6.21 Å². The largest absolute Gasteiger partial charge is 0.334 e. The molecule has 7 heteroatoms. The Bertz CT molecular complexity index is 866. The van der Waals surface area contributed by atoms with E-state index in [1.54, 1.807) is 11.1 Å². The highest BCUT2D eigenvalue weighted by Gasteiger charge is 2.24. The lowest BCUT2D eigenvalue weighted by atomic mass is 10.2. The molecular formula is C19H21BrN4O2. The van der Waals surface area contributed by atoms with Gasteiger partial charge in [0.1, 0.15) is 0 Å². The zero-order valence-corrected chi connectivity index (χ0v) is 16.4. The van der Waals surface area contributed by atoms with E-state index in [1.165, 1.54) is 0 Å². The quantitative estimate of drug-likeness (QED) is 0.474. The Morgan fingerprint density at radius 3 is 2.62 bits per heavy atom. The van der Waals surface area contributed by atoms with E-state index < -0.39 is 11.8 Å². The minimum absolute atomic E-state index is 0.515. The number of nitrogens with one attached hydrogen (secondary N) is 1. The molecule has 1 fully saturated rings. The summed E-state index contributed by atoms with van der Waals surface area (Å²) in [6.45, 7) is 5.29. The summed E-state index contributed by atoms with van der Waals surface area (Å²) in [6, 6.07) is 10.0. The van der Waals surface area contributed by atoms with Crippen molar-refractivity contribution in [3.8, 4) is 5.69 Å². The van der Waals surface area contributed by atoms with Gasteiger partial charge in [0.2, 0.25) is 0 Å². The van der Waals surface area contributed by atoms with Crippen LogP contribution in [0, 0.1) is 13.8 Å². The summed E-state index contributed by atoms with van der Waals surface area (Å²) >= 11 is 3.49. The molecule has 1 aliphatic heterocycles. The van der Waals surface area contributed by atoms with Crippen LogP contribution in [0.25, 0.3) is 5.69 Å². The highest BCUT2D eigenvalue weighted by molar-refractivity contribution is 9.10. The van der Waals surface area contributed by atoms with Crippen molar-refractivity contribution in [3.05, 3.63) is 51.8 Å². The summed E-state index contributed by atoms with van der Waals surface area (Å²) in [7, 11) is 0. The first-order valence-electron chi connectivity index (χ1n) is 8.54. The average Bonchev–Trinajstić information content (AvgIpc) is 3.23. The first-order valence-corrected chi connectivity index (χ1v) is 9.34. The second-order valence-corrected chi connectivity index (χ2v) is 7.26. The number of carbonyl (C=O) groups is 2. The third kappa shape index (κ3) is 3.88. The number of benzene rings is 1. The van der Waals surface area contributed by atoms with Crippen LogP contribution in [0.3, 0.4) is 0 Å². The van der Waals surface area contributed by atoms with Gasteiger partial charge < -0.3 is 9.47 Å². The fraction of sp³-hybridized carbons (Fsp3) is 0.316. The molecule has 6 nitrogen and oxygen atoms in total. The van der Waals surface area contributed by atoms with Gasteiger partial charge in [0.15, 0.2) is 0 Å². The molecule has 2 aromatic rings. The Kier molecular flexibility index (Phi) is 5.56. The molecule has 0 unspecified atom stereocenters. The van der Waals surface area contributed by atoms with Crippen molar-refractivity contribution in [2.24, 2.45) is 5.10 Å². The maximum atomic E-state index is 12.0. The molecule has 2 heterocycles. The number of nitrogens with zero attached hydrogens (tertiary/aromatic N) is 3. The number of rotatable bonds is 3. The van der Waals surface area contributed by atoms with E-state index in [2.05, 4.69) is 31.0 Å². The van der Waals surface area contributed by atoms with Crippen LogP contribution in [0.2, 0.25) is 0 Å². The Morgan fingerprint density at radius 2 is 1.92 bits per heavy atom. The third-order valence-corrected chi connectivity index (χ3v) is 4.99. The molecule has 0 spiro atoms. The second-order valence-electron chi connectivity index (χ2n) is 6.34. The van der Waals surface area contributed by atoms with Crippen LogP contribution in [0.15, 0.2) is 39.9 Å². The van der Waals surface area contributed by atoms with Crippen LogP contribution in [-0.2, 0) is 9.59 Å². The molecule has 0 aliphatic carbocycles. The van der Waals surface area contributed by atoms with Gasteiger partial charge in [0, 0.05) is 40.2 Å². The zero-order chi connectivity index (χ0) is 18.7. The normalized spacial score (nSPS) is 14.2. The summed E-state index contributed by atoms with van der Waals surface area (Å²) < 4.78 is 3.12. The molecule has 0 atom stereocenters. The van der Waals surface area contributed by atoms with Crippen molar-refractivity contribution in [3.63, 3.8) is 0 Å². The van der Waals surface area contributed by atoms with E-state index in [1.807, 2.05) is 44.2 Å². The molecule has 2 amide bonds. The van der Waals surface area contributed by atoms with Gasteiger partial charge in [-0.25, -0.2) is 5.43 Å². The lowest BCUT2D eigenvalue weighted by Crippen LogP contribution is -2.39. The minimum atomic E-state index is -0.691. The summed E-state index contributed by atoms with van der Waals surface area (Å²) in [6.07, 6.45) is 3.47. The number of hydrazone groups is 1. The maximum absolute atomic E-state index is 12.0. The number of hydrogen-bond donors (Lipinski definition) is 1. The average molecular weight is 417 g/mol. The predicted molar refractivity (Wildman–Crippen MR) is 104 cm³/mol. The number of aromatic nitrogens is 1. The Balaban J connectivity index is 1.72. The fourth-order valence-electron chi connectivity index (χ4n) is 3.20. The number of hydrogen-bond acceptors (Lipinski definition) is 3. The molecular weight excluding hydrogens is 396 g/mol. The number of likely N-dealkylation sites (tertiary alicyclic amines) is 1. The smallest absolute Gasteiger partial charge is 0.329 e. The van der Waals surface area contributed by atoms with Crippen molar-refractivity contribution >= 4 is 34.0 Å². The summed E-state index contributed by atoms with van der Waals surface area (Å²) in [4.78, 5) is 25.4. The molecule has 0 saturated carbocycles. The van der Waals surface area contributed by atoms with Gasteiger partial charge in [-0.1, -0.05) is 22.0 Å². The van der Waals surface area contributed by atoms with Gasteiger partial charge in [-0.2, -0.15) is 5.10 Å². The van der Waals surface area contributed by atoms with E-state index in [4.69, 9.17) is 0 Å². The van der Waals surface area contributed by atoms with Gasteiger partial charge in [-0.15, -0.1) is 0 Å². The van der Waals surface area contributed by atoms with Gasteiger partial charge in [-0.05, 0) is 51.0 Å². The lowest BCUT2D eigenvalue weighted by molar-refractivity contribution is -0.145. The molecule has 3 rings (SSSR count). The van der Waals surface area contributed by atoms with Crippen LogP contribution in [0.5, 0.6) is 0 Å². The van der Waals surface area contributed by atoms with Crippen molar-refractivity contribution in [1.82, 2.24) is 14.9 Å². The number of halogens is 1. The van der Waals surface area contributed by atoms with E-state index in [0.29, 0.717) is 13.1 Å². The van der Waals surface area contributed by atoms with Crippen LogP contribution < -0.4 is 5.43 Å². The van der Waals surface area contributed by atoms with E-state index in [9.17, 15) is 9.59 Å². The third-order valence-electron chi connectivity index (χ3n) is 4.49. The molecule has 1 N–H and O–H groups in total. The minimum Gasteiger partial charge on any atom is -0.334 e. The Hall–Kier alpha value is -2.41. The summed E-state index contributed by atoms with van der Waals surface area (Å²) in [5, 5.41) is 3.97. The Morgan fingerprint density at radius 1 is 1.19 bits per heavy atom. The lowest BCUT2D eigenvalue weighted by Gasteiger charge is -2.12. The second kappa shape index (κ2) is 7.86. The van der Waals surface area contributed by atoms with E-state index in [0.717, 1.165) is 40.0 Å². The van der Waals surface area contributed by atoms with Crippen LogP contribution in [0.1, 0.15) is 29.8 Å². The van der Waals surface area contributed by atoms with Crippen LogP contribution in [0.4, 0.5) is 0 Å². The molecule has 0 bridgehead atoms.